The van der Waals surface area contributed by atoms with Crippen LogP contribution in [0.3, 0.4) is 0 Å². The first-order valence-electron chi connectivity index (χ1n) is 6.10. The Morgan fingerprint density at radius 2 is 1.77 bits per heavy atom. The molecule has 0 spiro atoms. The minimum Gasteiger partial charge on any atom is -0.485 e. The van der Waals surface area contributed by atoms with Crippen molar-refractivity contribution in [3.05, 3.63) is 65.0 Å². The lowest BCUT2D eigenvalue weighted by molar-refractivity contribution is -0.139. The lowest BCUT2D eigenvalue weighted by Crippen LogP contribution is -2.12. The molecule has 0 saturated carbocycles. The zero-order chi connectivity index (χ0) is 16.3. The smallest absolute Gasteiger partial charge is 0.420 e. The lowest BCUT2D eigenvalue weighted by Gasteiger charge is -2.15. The molecule has 2 rings (SSSR count). The molecule has 7 heteroatoms. The summed E-state index contributed by atoms with van der Waals surface area (Å²) in [5.74, 6) is -4.04. The Kier molecular flexibility index (Phi) is 4.35. The van der Waals surface area contributed by atoms with Crippen LogP contribution in [0.4, 0.5) is 17.6 Å². The van der Waals surface area contributed by atoms with Crippen molar-refractivity contribution in [2.75, 3.05) is 0 Å². The van der Waals surface area contributed by atoms with Gasteiger partial charge in [-0.15, -0.1) is 0 Å². The quantitative estimate of drug-likeness (QED) is 0.864. The first kappa shape index (κ1) is 15.8. The second-order valence-electron chi connectivity index (χ2n) is 4.41. The van der Waals surface area contributed by atoms with E-state index in [1.54, 1.807) is 30.3 Å². The molecule has 0 aliphatic carbocycles. The topological polar surface area (TPSA) is 46.5 Å². The zero-order valence-electron chi connectivity index (χ0n) is 11.0. The molecule has 2 aromatic rings. The molecular weight excluding hydrogens is 304 g/mol. The molecule has 2 aromatic carbocycles. The van der Waals surface area contributed by atoms with Crippen LogP contribution in [0.2, 0.25) is 0 Å². The third kappa shape index (κ3) is 3.55. The summed E-state index contributed by atoms with van der Waals surface area (Å²) in [5, 5.41) is 8.72. The Labute approximate surface area is 122 Å². The van der Waals surface area contributed by atoms with E-state index in [-0.39, 0.29) is 6.61 Å². The van der Waals surface area contributed by atoms with Gasteiger partial charge in [-0.1, -0.05) is 30.3 Å². The molecule has 3 nitrogen and oxygen atoms in total. The molecule has 0 fully saturated rings. The van der Waals surface area contributed by atoms with Gasteiger partial charge in [-0.25, -0.2) is 9.18 Å². The van der Waals surface area contributed by atoms with Gasteiger partial charge in [-0.2, -0.15) is 13.2 Å². The number of alkyl halides is 3. The second kappa shape index (κ2) is 6.05. The molecule has 22 heavy (non-hydrogen) atoms. The Bertz CT molecular complexity index is 681. The van der Waals surface area contributed by atoms with E-state index in [1.807, 2.05) is 0 Å². The van der Waals surface area contributed by atoms with Gasteiger partial charge >= 0.3 is 12.1 Å². The Hall–Kier alpha value is -2.57. The van der Waals surface area contributed by atoms with E-state index >= 15 is 0 Å². The lowest BCUT2D eigenvalue weighted by atomic mass is 10.1. The SMILES string of the molecule is O=C(O)c1cc(F)c(OCc2ccccc2)c(C(F)(F)F)c1. The van der Waals surface area contributed by atoms with Crippen LogP contribution >= 0.6 is 0 Å². The first-order valence-corrected chi connectivity index (χ1v) is 6.10. The molecule has 0 aliphatic rings. The molecule has 0 amide bonds. The van der Waals surface area contributed by atoms with E-state index in [1.165, 1.54) is 0 Å². The summed E-state index contributed by atoms with van der Waals surface area (Å²) >= 11 is 0. The largest absolute Gasteiger partial charge is 0.485 e. The Balaban J connectivity index is 2.39. The Morgan fingerprint density at radius 1 is 1.14 bits per heavy atom. The minimum atomic E-state index is -4.93. The maximum Gasteiger partial charge on any atom is 0.420 e. The summed E-state index contributed by atoms with van der Waals surface area (Å²) in [6.07, 6.45) is -4.93. The predicted molar refractivity (Wildman–Crippen MR) is 69.1 cm³/mol. The summed E-state index contributed by atoms with van der Waals surface area (Å²) in [6, 6.07) is 9.10. The average molecular weight is 314 g/mol. The molecule has 0 heterocycles. The standard InChI is InChI=1S/C15H10F4O3/c16-12-7-10(14(20)21)6-11(15(17,18)19)13(12)22-8-9-4-2-1-3-5-9/h1-7H,8H2,(H,20,21). The van der Waals surface area contributed by atoms with Gasteiger partial charge < -0.3 is 9.84 Å². The number of carbonyl (C=O) groups is 1. The van der Waals surface area contributed by atoms with E-state index in [4.69, 9.17) is 9.84 Å². The van der Waals surface area contributed by atoms with Crippen molar-refractivity contribution in [2.45, 2.75) is 12.8 Å². The van der Waals surface area contributed by atoms with Crippen molar-refractivity contribution in [1.82, 2.24) is 0 Å². The van der Waals surface area contributed by atoms with E-state index in [2.05, 4.69) is 0 Å². The molecule has 1 N–H and O–H groups in total. The van der Waals surface area contributed by atoms with Gasteiger partial charge in [0.2, 0.25) is 0 Å². The molecule has 0 bridgehead atoms. The van der Waals surface area contributed by atoms with Gasteiger partial charge in [0.15, 0.2) is 11.6 Å². The summed E-state index contributed by atoms with van der Waals surface area (Å²) < 4.78 is 57.6. The maximum absolute atomic E-state index is 13.8. The molecule has 0 aromatic heterocycles. The second-order valence-corrected chi connectivity index (χ2v) is 4.41. The molecule has 0 atom stereocenters. The number of carboxylic acids is 1. The number of aromatic carboxylic acids is 1. The van der Waals surface area contributed by atoms with Crippen LogP contribution in [0.15, 0.2) is 42.5 Å². The van der Waals surface area contributed by atoms with Crippen molar-refractivity contribution in [3.63, 3.8) is 0 Å². The van der Waals surface area contributed by atoms with E-state index in [0.717, 1.165) is 0 Å². The van der Waals surface area contributed by atoms with Crippen molar-refractivity contribution < 1.29 is 32.2 Å². The number of halogens is 4. The molecular formula is C15H10F4O3. The zero-order valence-corrected chi connectivity index (χ0v) is 11.0. The van der Waals surface area contributed by atoms with Gasteiger partial charge in [-0.05, 0) is 17.7 Å². The van der Waals surface area contributed by atoms with Gasteiger partial charge in [0.05, 0.1) is 5.56 Å². The molecule has 0 saturated heterocycles. The third-order valence-electron chi connectivity index (χ3n) is 2.82. The summed E-state index contributed by atoms with van der Waals surface area (Å²) in [5.41, 5.74) is -1.70. The monoisotopic (exact) mass is 314 g/mol. The number of rotatable bonds is 4. The van der Waals surface area contributed by atoms with Gasteiger partial charge in [-0.3, -0.25) is 0 Å². The summed E-state index contributed by atoms with van der Waals surface area (Å²) in [4.78, 5) is 10.7. The summed E-state index contributed by atoms with van der Waals surface area (Å²) in [7, 11) is 0. The minimum absolute atomic E-state index is 0.271. The highest BCUT2D eigenvalue weighted by molar-refractivity contribution is 5.88. The van der Waals surface area contributed by atoms with Crippen molar-refractivity contribution in [2.24, 2.45) is 0 Å². The fourth-order valence-electron chi connectivity index (χ4n) is 1.80. The highest BCUT2D eigenvalue weighted by Gasteiger charge is 2.37. The molecule has 0 unspecified atom stereocenters. The normalized spacial score (nSPS) is 11.3. The van der Waals surface area contributed by atoms with Crippen molar-refractivity contribution in [1.29, 1.82) is 0 Å². The van der Waals surface area contributed by atoms with Crippen LogP contribution in [0, 0.1) is 5.82 Å². The number of ether oxygens (including phenoxy) is 1. The number of carboxylic acid groups (broad SMARTS) is 1. The van der Waals surface area contributed by atoms with Crippen LogP contribution in [-0.4, -0.2) is 11.1 Å². The van der Waals surface area contributed by atoms with Crippen molar-refractivity contribution in [3.8, 4) is 5.75 Å². The van der Waals surface area contributed by atoms with Crippen molar-refractivity contribution >= 4 is 5.97 Å². The predicted octanol–water partition coefficient (Wildman–Crippen LogP) is 4.12. The van der Waals surface area contributed by atoms with Crippen LogP contribution in [0.5, 0.6) is 5.75 Å². The highest BCUT2D eigenvalue weighted by Crippen LogP contribution is 2.39. The van der Waals surface area contributed by atoms with Gasteiger partial charge in [0.25, 0.3) is 0 Å². The molecule has 0 radical (unpaired) electrons. The first-order chi connectivity index (χ1) is 10.3. The van der Waals surface area contributed by atoms with Crippen LogP contribution in [0.1, 0.15) is 21.5 Å². The fraction of sp³-hybridized carbons (Fsp3) is 0.133. The number of hydrogen-bond acceptors (Lipinski definition) is 2. The summed E-state index contributed by atoms with van der Waals surface area (Å²) in [6.45, 7) is -0.271. The van der Waals surface area contributed by atoms with E-state index in [0.29, 0.717) is 17.7 Å². The maximum atomic E-state index is 13.8. The number of benzene rings is 2. The van der Waals surface area contributed by atoms with E-state index < -0.39 is 34.8 Å². The Morgan fingerprint density at radius 3 is 2.32 bits per heavy atom. The van der Waals surface area contributed by atoms with Crippen LogP contribution < -0.4 is 4.74 Å². The third-order valence-corrected chi connectivity index (χ3v) is 2.82. The number of hydrogen-bond donors (Lipinski definition) is 1. The van der Waals surface area contributed by atoms with Gasteiger partial charge in [0.1, 0.15) is 12.2 Å². The van der Waals surface area contributed by atoms with Crippen LogP contribution in [0.25, 0.3) is 0 Å². The average Bonchev–Trinajstić information content (AvgIpc) is 2.45. The highest BCUT2D eigenvalue weighted by atomic mass is 19.4. The fourth-order valence-corrected chi connectivity index (χ4v) is 1.80. The van der Waals surface area contributed by atoms with E-state index in [9.17, 15) is 22.4 Å². The van der Waals surface area contributed by atoms with Crippen LogP contribution in [-0.2, 0) is 12.8 Å². The molecule has 0 aliphatic heterocycles. The van der Waals surface area contributed by atoms with Gasteiger partial charge in [0, 0.05) is 0 Å². The molecule has 116 valence electrons.